The highest BCUT2D eigenvalue weighted by molar-refractivity contribution is 5.86. The van der Waals surface area contributed by atoms with Crippen LogP contribution in [-0.4, -0.2) is 56.0 Å². The van der Waals surface area contributed by atoms with Crippen molar-refractivity contribution in [2.45, 2.75) is 6.61 Å². The number of benzene rings is 1. The number of ether oxygens (including phenoxy) is 1. The maximum Gasteiger partial charge on any atom is 0.409 e. The molecular formula is C16H25N3O3. The minimum Gasteiger partial charge on any atom is -0.445 e. The van der Waals surface area contributed by atoms with Crippen LogP contribution in [0.2, 0.25) is 0 Å². The second kappa shape index (κ2) is 8.71. The minimum atomic E-state index is -0.419. The van der Waals surface area contributed by atoms with Crippen LogP contribution < -0.4 is 5.32 Å². The Hall–Kier alpha value is -2.50. The van der Waals surface area contributed by atoms with Crippen LogP contribution in [0.15, 0.2) is 36.9 Å². The maximum absolute atomic E-state index is 11.9. The first kappa shape index (κ1) is 17.6. The Bertz CT molecular complexity index is 520. The number of amides is 2. The Morgan fingerprint density at radius 3 is 2.36 bits per heavy atom. The molecule has 0 saturated carbocycles. The average Bonchev–Trinajstić information content (AvgIpc) is 2.56. The second-order valence-corrected chi connectivity index (χ2v) is 4.89. The summed E-state index contributed by atoms with van der Waals surface area (Å²) in [5.74, 6) is -0.175. The predicted octanol–water partition coefficient (Wildman–Crippen LogP) is 2.19. The highest BCUT2D eigenvalue weighted by Gasteiger charge is 2.12. The van der Waals surface area contributed by atoms with Gasteiger partial charge in [-0.25, -0.2) is 4.79 Å². The second-order valence-electron chi connectivity index (χ2n) is 4.89. The van der Waals surface area contributed by atoms with Crippen molar-refractivity contribution in [2.75, 3.05) is 39.5 Å². The van der Waals surface area contributed by atoms with Gasteiger partial charge >= 0.3 is 6.09 Å². The molecule has 0 aliphatic carbocycles. The molecule has 0 saturated heterocycles. The van der Waals surface area contributed by atoms with Crippen LogP contribution in [0.5, 0.6) is 0 Å². The van der Waals surface area contributed by atoms with Gasteiger partial charge < -0.3 is 19.9 Å². The lowest BCUT2D eigenvalue weighted by molar-refractivity contribution is -0.124. The first-order chi connectivity index (χ1) is 10.5. The van der Waals surface area contributed by atoms with Crippen molar-refractivity contribution < 1.29 is 15.8 Å². The van der Waals surface area contributed by atoms with Crippen molar-refractivity contribution in [2.24, 2.45) is 0 Å². The molecule has 0 aliphatic heterocycles. The number of carbonyl (C=O) groups excluding carboxylic acids is 2. The molecule has 1 N–H and O–H groups in total. The van der Waals surface area contributed by atoms with E-state index in [9.17, 15) is 9.59 Å². The lowest BCUT2D eigenvalue weighted by Gasteiger charge is -2.21. The quantitative estimate of drug-likeness (QED) is 0.784. The molecule has 2 amide bonds. The van der Waals surface area contributed by atoms with E-state index in [1.807, 2.05) is 31.3 Å². The molecule has 0 atom stereocenters. The molecule has 6 nitrogen and oxygen atoms in total. The predicted molar refractivity (Wildman–Crippen MR) is 88.8 cm³/mol. The summed E-state index contributed by atoms with van der Waals surface area (Å²) >= 11 is 0. The van der Waals surface area contributed by atoms with Gasteiger partial charge in [0.2, 0.25) is 5.91 Å². The lowest BCUT2D eigenvalue weighted by Crippen LogP contribution is -2.36. The zero-order valence-corrected chi connectivity index (χ0v) is 13.3. The third-order valence-corrected chi connectivity index (χ3v) is 3.24. The normalized spacial score (nSPS) is 9.77. The Balaban J connectivity index is 0.00000484. The number of nitrogens with one attached hydrogen (secondary N) is 1. The topological polar surface area (TPSA) is 61.9 Å². The Kier molecular flexibility index (Phi) is 6.95. The molecule has 1 rings (SSSR count). The molecule has 0 unspecified atom stereocenters. The van der Waals surface area contributed by atoms with Crippen molar-refractivity contribution in [1.29, 1.82) is 0 Å². The molecule has 0 fully saturated rings. The molecule has 6 heteroatoms. The van der Waals surface area contributed by atoms with Crippen LogP contribution in [0.4, 0.5) is 10.5 Å². The number of carbonyl (C=O) groups is 2. The van der Waals surface area contributed by atoms with E-state index in [-0.39, 0.29) is 13.9 Å². The highest BCUT2D eigenvalue weighted by atomic mass is 16.6. The molecule has 0 heterocycles. The van der Waals surface area contributed by atoms with E-state index in [4.69, 9.17) is 4.74 Å². The average molecular weight is 307 g/mol. The fourth-order valence-corrected chi connectivity index (χ4v) is 1.68. The molecule has 1 aromatic rings. The summed E-state index contributed by atoms with van der Waals surface area (Å²) in [6.07, 6.45) is 0.824. The molecule has 0 aliphatic rings. The number of likely N-dealkylation sites (N-methyl/N-ethyl adjacent to an activating group) is 2. The van der Waals surface area contributed by atoms with Crippen molar-refractivity contribution >= 4 is 17.7 Å². The summed E-state index contributed by atoms with van der Waals surface area (Å²) in [6, 6.07) is 7.64. The Morgan fingerprint density at radius 1 is 1.23 bits per heavy atom. The largest absolute Gasteiger partial charge is 0.445 e. The van der Waals surface area contributed by atoms with E-state index >= 15 is 0 Å². The molecule has 1 aromatic carbocycles. The van der Waals surface area contributed by atoms with Crippen LogP contribution in [0, 0.1) is 0 Å². The SMILES string of the molecule is C=CC(=O)N(C)CCN(C)C(=O)OCc1ccc(NC)cc1.[HH]. The number of hydrogen-bond acceptors (Lipinski definition) is 4. The third-order valence-electron chi connectivity index (χ3n) is 3.24. The zero-order chi connectivity index (χ0) is 16.5. The number of rotatable bonds is 7. The maximum atomic E-state index is 11.9. The number of hydrogen-bond donors (Lipinski definition) is 1. The van der Waals surface area contributed by atoms with Gasteiger partial charge in [0.1, 0.15) is 6.61 Å². The van der Waals surface area contributed by atoms with Crippen LogP contribution >= 0.6 is 0 Å². The van der Waals surface area contributed by atoms with Crippen molar-refractivity contribution in [3.8, 4) is 0 Å². The van der Waals surface area contributed by atoms with Gasteiger partial charge in [0.15, 0.2) is 0 Å². The van der Waals surface area contributed by atoms with Crippen LogP contribution in [-0.2, 0) is 16.1 Å². The highest BCUT2D eigenvalue weighted by Crippen LogP contribution is 2.09. The third kappa shape index (κ3) is 5.47. The first-order valence-corrected chi connectivity index (χ1v) is 7.00. The summed E-state index contributed by atoms with van der Waals surface area (Å²) in [6.45, 7) is 4.46. The molecule has 0 aromatic heterocycles. The van der Waals surface area contributed by atoms with E-state index in [1.54, 1.807) is 14.1 Å². The van der Waals surface area contributed by atoms with E-state index in [0.29, 0.717) is 13.1 Å². The Morgan fingerprint density at radius 2 is 1.82 bits per heavy atom. The summed E-state index contributed by atoms with van der Waals surface area (Å²) in [5.41, 5.74) is 1.92. The molecule has 22 heavy (non-hydrogen) atoms. The van der Waals surface area contributed by atoms with Gasteiger partial charge in [-0.15, -0.1) is 0 Å². The van der Waals surface area contributed by atoms with Gasteiger partial charge in [-0.2, -0.15) is 0 Å². The first-order valence-electron chi connectivity index (χ1n) is 7.00. The standard InChI is InChI=1S/C16H23N3O3.H2/c1-5-15(20)18(3)10-11-19(4)16(21)22-12-13-6-8-14(17-2)9-7-13;/h5-9,17H,1,10-12H2,2-4H3;1H. The van der Waals surface area contributed by atoms with Crippen molar-refractivity contribution in [3.05, 3.63) is 42.5 Å². The molecular weight excluding hydrogens is 282 g/mol. The van der Waals surface area contributed by atoms with Gasteiger partial charge in [-0.05, 0) is 23.8 Å². The fourth-order valence-electron chi connectivity index (χ4n) is 1.68. The molecule has 122 valence electrons. The monoisotopic (exact) mass is 307 g/mol. The van der Waals surface area contributed by atoms with Crippen molar-refractivity contribution in [1.82, 2.24) is 9.80 Å². The van der Waals surface area contributed by atoms with E-state index in [0.717, 1.165) is 11.3 Å². The van der Waals surface area contributed by atoms with Crippen LogP contribution in [0.1, 0.15) is 6.99 Å². The van der Waals surface area contributed by atoms with Gasteiger partial charge in [-0.1, -0.05) is 18.7 Å². The zero-order valence-electron chi connectivity index (χ0n) is 13.3. The number of nitrogens with zero attached hydrogens (tertiary/aromatic N) is 2. The smallest absolute Gasteiger partial charge is 0.409 e. The van der Waals surface area contributed by atoms with Gasteiger partial charge in [-0.3, -0.25) is 4.79 Å². The van der Waals surface area contributed by atoms with Gasteiger partial charge in [0, 0.05) is 41.3 Å². The fraction of sp³-hybridized carbons (Fsp3) is 0.375. The molecule has 0 radical (unpaired) electrons. The molecule has 0 bridgehead atoms. The van der Waals surface area contributed by atoms with Crippen molar-refractivity contribution in [3.63, 3.8) is 0 Å². The number of anilines is 1. The van der Waals surface area contributed by atoms with Crippen LogP contribution in [0.3, 0.4) is 0 Å². The van der Waals surface area contributed by atoms with Gasteiger partial charge in [0.25, 0.3) is 0 Å². The summed E-state index contributed by atoms with van der Waals surface area (Å²) in [4.78, 5) is 26.1. The Labute approximate surface area is 132 Å². The summed E-state index contributed by atoms with van der Waals surface area (Å²) in [7, 11) is 5.14. The summed E-state index contributed by atoms with van der Waals surface area (Å²) in [5, 5.41) is 3.02. The van der Waals surface area contributed by atoms with Gasteiger partial charge in [0.05, 0.1) is 0 Å². The van der Waals surface area contributed by atoms with Crippen LogP contribution in [0.25, 0.3) is 0 Å². The van der Waals surface area contributed by atoms with E-state index in [2.05, 4.69) is 11.9 Å². The lowest BCUT2D eigenvalue weighted by atomic mass is 10.2. The van der Waals surface area contributed by atoms with E-state index < -0.39 is 6.09 Å². The summed E-state index contributed by atoms with van der Waals surface area (Å²) < 4.78 is 5.23. The molecule has 0 spiro atoms. The minimum absolute atomic E-state index is 0. The van der Waals surface area contributed by atoms with E-state index in [1.165, 1.54) is 15.9 Å².